The van der Waals surface area contributed by atoms with Crippen LogP contribution >= 0.6 is 0 Å². The summed E-state index contributed by atoms with van der Waals surface area (Å²) in [4.78, 5) is 12.1. The van der Waals surface area contributed by atoms with Gasteiger partial charge in [0.05, 0.1) is 33.4 Å². The normalized spacial score (nSPS) is 13.5. The number of rotatable bonds is 5. The van der Waals surface area contributed by atoms with Crippen LogP contribution in [0.2, 0.25) is 0 Å². The lowest BCUT2D eigenvalue weighted by molar-refractivity contribution is 0.596. The van der Waals surface area contributed by atoms with Crippen LogP contribution in [0, 0.1) is 12.7 Å². The highest BCUT2D eigenvalue weighted by atomic mass is 32.2. The molecule has 0 fully saturated rings. The standard InChI is InChI=1S/C22H21FN6O2S/c1-12-24-21-19(27-18-7-6-14(23)9-20(18)32(2,30)31)11-15(26-22(21)25-12)10-16-8-13-4-3-5-17(13)29-28-16/h6-9,11H,3-5,10H2,1-2H3,(H2,24,25,26,27). The van der Waals surface area contributed by atoms with E-state index in [9.17, 15) is 12.8 Å². The van der Waals surface area contributed by atoms with Gasteiger partial charge in [0.1, 0.15) is 17.2 Å². The van der Waals surface area contributed by atoms with E-state index in [4.69, 9.17) is 0 Å². The van der Waals surface area contributed by atoms with Gasteiger partial charge in [-0.3, -0.25) is 0 Å². The van der Waals surface area contributed by atoms with Crippen molar-refractivity contribution in [2.45, 2.75) is 37.5 Å². The number of sulfone groups is 1. The molecule has 0 radical (unpaired) electrons. The van der Waals surface area contributed by atoms with Crippen LogP contribution in [0.3, 0.4) is 0 Å². The average Bonchev–Trinajstić information content (AvgIpc) is 3.34. The van der Waals surface area contributed by atoms with Crippen LogP contribution in [-0.2, 0) is 29.1 Å². The van der Waals surface area contributed by atoms with Gasteiger partial charge in [0.15, 0.2) is 15.5 Å². The van der Waals surface area contributed by atoms with E-state index < -0.39 is 15.7 Å². The number of aromatic amines is 1. The van der Waals surface area contributed by atoms with Gasteiger partial charge in [-0.1, -0.05) is 0 Å². The van der Waals surface area contributed by atoms with Crippen LogP contribution in [0.15, 0.2) is 35.2 Å². The minimum Gasteiger partial charge on any atom is -0.353 e. The van der Waals surface area contributed by atoms with Crippen molar-refractivity contribution in [2.24, 2.45) is 0 Å². The van der Waals surface area contributed by atoms with Gasteiger partial charge in [-0.05, 0) is 62.1 Å². The molecule has 10 heteroatoms. The lowest BCUT2D eigenvalue weighted by Crippen LogP contribution is -2.05. The number of anilines is 2. The topological polar surface area (TPSA) is 114 Å². The number of halogens is 1. The van der Waals surface area contributed by atoms with Crippen LogP contribution in [0.1, 0.15) is 34.9 Å². The van der Waals surface area contributed by atoms with Gasteiger partial charge in [-0.25, -0.2) is 22.8 Å². The quantitative estimate of drug-likeness (QED) is 0.477. The molecule has 0 spiro atoms. The Bertz CT molecular complexity index is 1470. The molecule has 0 saturated carbocycles. The largest absolute Gasteiger partial charge is 0.353 e. The fourth-order valence-corrected chi connectivity index (χ4v) is 4.89. The zero-order chi connectivity index (χ0) is 22.5. The predicted molar refractivity (Wildman–Crippen MR) is 118 cm³/mol. The SMILES string of the molecule is Cc1nc2nc(Cc3cc4c(nn3)CCC4)cc(Nc3ccc(F)cc3S(C)(=O)=O)c2[nH]1. The third-order valence-corrected chi connectivity index (χ3v) is 6.61. The number of aryl methyl sites for hydroxylation is 3. The number of aromatic nitrogens is 5. The van der Waals surface area contributed by atoms with Crippen molar-refractivity contribution in [2.75, 3.05) is 11.6 Å². The molecule has 0 aliphatic heterocycles. The molecular weight excluding hydrogens is 431 g/mol. The Morgan fingerprint density at radius 1 is 1.06 bits per heavy atom. The molecule has 1 aromatic carbocycles. The summed E-state index contributed by atoms with van der Waals surface area (Å²) in [5, 5.41) is 11.8. The van der Waals surface area contributed by atoms with Crippen LogP contribution in [0.5, 0.6) is 0 Å². The minimum atomic E-state index is -3.65. The number of hydrogen-bond donors (Lipinski definition) is 2. The maximum atomic E-state index is 13.7. The summed E-state index contributed by atoms with van der Waals surface area (Å²) in [6.45, 7) is 1.82. The smallest absolute Gasteiger partial charge is 0.180 e. The molecule has 2 N–H and O–H groups in total. The molecule has 1 aliphatic carbocycles. The Morgan fingerprint density at radius 2 is 1.91 bits per heavy atom. The van der Waals surface area contributed by atoms with Crippen molar-refractivity contribution in [1.82, 2.24) is 25.1 Å². The van der Waals surface area contributed by atoms with Gasteiger partial charge in [-0.2, -0.15) is 10.2 Å². The molecule has 1 aliphatic rings. The third kappa shape index (κ3) is 3.93. The monoisotopic (exact) mass is 452 g/mol. The molecule has 0 bridgehead atoms. The Labute approximate surface area is 184 Å². The highest BCUT2D eigenvalue weighted by molar-refractivity contribution is 7.90. The Kier molecular flexibility index (Phi) is 4.89. The molecule has 0 unspecified atom stereocenters. The first-order valence-electron chi connectivity index (χ1n) is 10.2. The van der Waals surface area contributed by atoms with E-state index in [1.807, 2.05) is 13.0 Å². The van der Waals surface area contributed by atoms with Gasteiger partial charge < -0.3 is 10.3 Å². The first kappa shape index (κ1) is 20.5. The lowest BCUT2D eigenvalue weighted by Gasteiger charge is -2.13. The summed E-state index contributed by atoms with van der Waals surface area (Å²) in [6.07, 6.45) is 4.58. The van der Waals surface area contributed by atoms with Crippen molar-refractivity contribution < 1.29 is 12.8 Å². The van der Waals surface area contributed by atoms with E-state index in [2.05, 4.69) is 36.5 Å². The molecule has 0 atom stereocenters. The summed E-state index contributed by atoms with van der Waals surface area (Å²) in [7, 11) is -3.65. The molecular formula is C22H21FN6O2S. The number of imidazole rings is 1. The Morgan fingerprint density at radius 3 is 2.72 bits per heavy atom. The number of nitrogens with zero attached hydrogens (tertiary/aromatic N) is 4. The van der Waals surface area contributed by atoms with Gasteiger partial charge in [-0.15, -0.1) is 0 Å². The molecule has 164 valence electrons. The van der Waals surface area contributed by atoms with Crippen molar-refractivity contribution in [3.63, 3.8) is 0 Å². The van der Waals surface area contributed by atoms with Crippen LogP contribution in [0.25, 0.3) is 11.2 Å². The minimum absolute atomic E-state index is 0.121. The Hall–Kier alpha value is -3.40. The lowest BCUT2D eigenvalue weighted by atomic mass is 10.1. The van der Waals surface area contributed by atoms with Crippen molar-refractivity contribution in [3.8, 4) is 0 Å². The maximum absolute atomic E-state index is 13.7. The van der Waals surface area contributed by atoms with Crippen LogP contribution in [-0.4, -0.2) is 39.8 Å². The molecule has 32 heavy (non-hydrogen) atoms. The molecule has 3 aromatic heterocycles. The fraction of sp³-hybridized carbons (Fsp3) is 0.273. The number of H-pyrrole nitrogens is 1. The summed E-state index contributed by atoms with van der Waals surface area (Å²) >= 11 is 0. The van der Waals surface area contributed by atoms with E-state index in [1.54, 1.807) is 0 Å². The van der Waals surface area contributed by atoms with Crippen LogP contribution in [0.4, 0.5) is 15.8 Å². The van der Waals surface area contributed by atoms with Gasteiger partial charge >= 0.3 is 0 Å². The summed E-state index contributed by atoms with van der Waals surface area (Å²) in [6, 6.07) is 7.53. The van der Waals surface area contributed by atoms with E-state index >= 15 is 0 Å². The predicted octanol–water partition coefficient (Wildman–Crippen LogP) is 3.42. The highest BCUT2D eigenvalue weighted by Gasteiger charge is 2.18. The third-order valence-electron chi connectivity index (χ3n) is 5.48. The zero-order valence-electron chi connectivity index (χ0n) is 17.6. The molecule has 3 heterocycles. The van der Waals surface area contributed by atoms with E-state index in [-0.39, 0.29) is 10.6 Å². The van der Waals surface area contributed by atoms with E-state index in [0.29, 0.717) is 34.8 Å². The maximum Gasteiger partial charge on any atom is 0.180 e. The van der Waals surface area contributed by atoms with Crippen molar-refractivity contribution >= 4 is 32.4 Å². The van der Waals surface area contributed by atoms with E-state index in [0.717, 1.165) is 43.0 Å². The summed E-state index contributed by atoms with van der Waals surface area (Å²) in [5.41, 5.74) is 5.82. The van der Waals surface area contributed by atoms with Gasteiger partial charge in [0, 0.05) is 12.7 Å². The highest BCUT2D eigenvalue weighted by Crippen LogP contribution is 2.30. The van der Waals surface area contributed by atoms with Crippen molar-refractivity contribution in [1.29, 1.82) is 0 Å². The fourth-order valence-electron chi connectivity index (χ4n) is 4.04. The molecule has 4 aromatic rings. The van der Waals surface area contributed by atoms with E-state index in [1.165, 1.54) is 17.7 Å². The zero-order valence-corrected chi connectivity index (χ0v) is 18.4. The number of fused-ring (bicyclic) bond motifs is 2. The number of nitrogens with one attached hydrogen (secondary N) is 2. The second-order valence-electron chi connectivity index (χ2n) is 8.06. The first-order chi connectivity index (χ1) is 15.3. The van der Waals surface area contributed by atoms with Gasteiger partial charge in [0.2, 0.25) is 0 Å². The summed E-state index contributed by atoms with van der Waals surface area (Å²) in [5.74, 6) is 0.0524. The number of benzene rings is 1. The van der Waals surface area contributed by atoms with Gasteiger partial charge in [0.25, 0.3) is 0 Å². The summed E-state index contributed by atoms with van der Waals surface area (Å²) < 4.78 is 38.2. The molecule has 5 rings (SSSR count). The first-order valence-corrected chi connectivity index (χ1v) is 12.1. The molecule has 0 amide bonds. The number of hydrogen-bond acceptors (Lipinski definition) is 7. The van der Waals surface area contributed by atoms with Crippen molar-refractivity contribution in [3.05, 3.63) is 64.6 Å². The van der Waals surface area contributed by atoms with Crippen LogP contribution < -0.4 is 5.32 Å². The Balaban J connectivity index is 1.56. The molecule has 8 nitrogen and oxygen atoms in total. The number of pyridine rings is 1. The average molecular weight is 453 g/mol. The second-order valence-corrected chi connectivity index (χ2v) is 10.0. The molecule has 0 saturated heterocycles. The second kappa shape index (κ2) is 7.63.